The molecule has 0 spiro atoms. The standard InChI is InChI=1S/C27H32ClN3O5/c1-29-11-13-30(14-12-29)25(32)17-27(18-34-22-4-2-3-21(28)16-22)7-9-31(10-8-27)26(33)20-5-6-23-24(15-20)36-19-35-23/h2-6,15-16H,7-14,17-19H2,1H3. The number of likely N-dealkylation sites (N-methyl/N-ethyl adjacent to an activating group) is 1. The van der Waals surface area contributed by atoms with Crippen molar-refractivity contribution >= 4 is 23.4 Å². The number of fused-ring (bicyclic) bond motifs is 1. The van der Waals surface area contributed by atoms with E-state index >= 15 is 0 Å². The van der Waals surface area contributed by atoms with E-state index in [0.717, 1.165) is 26.2 Å². The second-order valence-corrected chi connectivity index (χ2v) is 10.4. The molecule has 3 aliphatic heterocycles. The van der Waals surface area contributed by atoms with Gasteiger partial charge < -0.3 is 28.9 Å². The van der Waals surface area contributed by atoms with Crippen LogP contribution in [0, 0.1) is 5.41 Å². The molecule has 0 saturated carbocycles. The number of amides is 2. The molecule has 0 radical (unpaired) electrons. The minimum absolute atomic E-state index is 0.0388. The Kier molecular flexibility index (Phi) is 7.25. The molecule has 3 aliphatic rings. The van der Waals surface area contributed by atoms with Gasteiger partial charge in [-0.1, -0.05) is 17.7 Å². The lowest BCUT2D eigenvalue weighted by Crippen LogP contribution is -2.51. The summed E-state index contributed by atoms with van der Waals surface area (Å²) in [7, 11) is 2.08. The van der Waals surface area contributed by atoms with Crippen molar-refractivity contribution in [2.45, 2.75) is 19.3 Å². The highest BCUT2D eigenvalue weighted by atomic mass is 35.5. The van der Waals surface area contributed by atoms with E-state index in [4.69, 9.17) is 25.8 Å². The monoisotopic (exact) mass is 513 g/mol. The fourth-order valence-corrected chi connectivity index (χ4v) is 5.23. The Morgan fingerprint density at radius 2 is 1.69 bits per heavy atom. The minimum Gasteiger partial charge on any atom is -0.493 e. The van der Waals surface area contributed by atoms with Crippen LogP contribution in [0.4, 0.5) is 0 Å². The number of piperidine rings is 1. The third-order valence-corrected chi connectivity index (χ3v) is 7.69. The lowest BCUT2D eigenvalue weighted by atomic mass is 9.75. The van der Waals surface area contributed by atoms with Crippen LogP contribution in [0.5, 0.6) is 17.2 Å². The molecule has 2 amide bonds. The molecule has 36 heavy (non-hydrogen) atoms. The number of hydrogen-bond acceptors (Lipinski definition) is 6. The van der Waals surface area contributed by atoms with Gasteiger partial charge in [0, 0.05) is 61.7 Å². The molecule has 3 heterocycles. The SMILES string of the molecule is CN1CCN(C(=O)CC2(COc3cccc(Cl)c3)CCN(C(=O)c3ccc4c(c3)OCO4)CC2)CC1. The van der Waals surface area contributed by atoms with Crippen molar-refractivity contribution in [1.29, 1.82) is 0 Å². The Morgan fingerprint density at radius 1 is 0.944 bits per heavy atom. The lowest BCUT2D eigenvalue weighted by Gasteiger charge is -2.42. The van der Waals surface area contributed by atoms with E-state index in [9.17, 15) is 9.59 Å². The zero-order chi connectivity index (χ0) is 25.1. The molecule has 0 N–H and O–H groups in total. The van der Waals surface area contributed by atoms with Gasteiger partial charge in [0.25, 0.3) is 5.91 Å². The van der Waals surface area contributed by atoms with Crippen molar-refractivity contribution in [3.8, 4) is 17.2 Å². The summed E-state index contributed by atoms with van der Waals surface area (Å²) in [5, 5.41) is 0.610. The summed E-state index contributed by atoms with van der Waals surface area (Å²) in [6.45, 7) is 4.95. The van der Waals surface area contributed by atoms with Crippen molar-refractivity contribution in [1.82, 2.24) is 14.7 Å². The second kappa shape index (κ2) is 10.6. The van der Waals surface area contributed by atoms with Crippen LogP contribution in [0.3, 0.4) is 0 Å². The first-order valence-corrected chi connectivity index (χ1v) is 12.8. The fourth-order valence-electron chi connectivity index (χ4n) is 5.05. The quantitative estimate of drug-likeness (QED) is 0.588. The maximum atomic E-state index is 13.3. The number of nitrogens with zero attached hydrogens (tertiary/aromatic N) is 3. The molecule has 5 rings (SSSR count). The van der Waals surface area contributed by atoms with Gasteiger partial charge in [0.1, 0.15) is 5.75 Å². The molecule has 9 heteroatoms. The summed E-state index contributed by atoms with van der Waals surface area (Å²) in [4.78, 5) is 32.6. The summed E-state index contributed by atoms with van der Waals surface area (Å²) in [6, 6.07) is 12.6. The van der Waals surface area contributed by atoms with Gasteiger partial charge in [-0.3, -0.25) is 9.59 Å². The summed E-state index contributed by atoms with van der Waals surface area (Å²) in [5.74, 6) is 2.06. The summed E-state index contributed by atoms with van der Waals surface area (Å²) in [5.41, 5.74) is 0.226. The Labute approximate surface area is 216 Å². The normalized spacial score (nSPS) is 19.3. The molecular weight excluding hydrogens is 482 g/mol. The van der Waals surface area contributed by atoms with Crippen LogP contribution in [0.25, 0.3) is 0 Å². The largest absolute Gasteiger partial charge is 0.493 e. The van der Waals surface area contributed by atoms with E-state index in [1.807, 2.05) is 21.9 Å². The highest BCUT2D eigenvalue weighted by Crippen LogP contribution is 2.38. The zero-order valence-corrected chi connectivity index (χ0v) is 21.3. The van der Waals surface area contributed by atoms with Crippen molar-refractivity contribution < 1.29 is 23.8 Å². The Hall–Kier alpha value is -2.97. The molecular formula is C27H32ClN3O5. The molecule has 192 valence electrons. The maximum absolute atomic E-state index is 13.3. The van der Waals surface area contributed by atoms with E-state index in [2.05, 4.69) is 11.9 Å². The van der Waals surface area contributed by atoms with Crippen molar-refractivity contribution in [3.63, 3.8) is 0 Å². The number of hydrogen-bond donors (Lipinski definition) is 0. The second-order valence-electron chi connectivity index (χ2n) is 9.97. The van der Waals surface area contributed by atoms with Crippen LogP contribution < -0.4 is 14.2 Å². The number of piperazine rings is 1. The lowest BCUT2D eigenvalue weighted by molar-refractivity contribution is -0.136. The average Bonchev–Trinajstić information content (AvgIpc) is 3.36. The highest BCUT2D eigenvalue weighted by Gasteiger charge is 2.40. The smallest absolute Gasteiger partial charge is 0.253 e. The van der Waals surface area contributed by atoms with Crippen LogP contribution in [0.2, 0.25) is 5.02 Å². The summed E-state index contributed by atoms with van der Waals surface area (Å²) in [6.07, 6.45) is 1.77. The molecule has 0 aromatic heterocycles. The third-order valence-electron chi connectivity index (χ3n) is 7.45. The van der Waals surface area contributed by atoms with E-state index in [1.165, 1.54) is 0 Å². The molecule has 0 bridgehead atoms. The maximum Gasteiger partial charge on any atom is 0.253 e. The van der Waals surface area contributed by atoms with Crippen molar-refractivity contribution in [2.75, 3.05) is 59.7 Å². The molecule has 2 saturated heterocycles. The first-order chi connectivity index (χ1) is 17.4. The topological polar surface area (TPSA) is 71.6 Å². The van der Waals surface area contributed by atoms with Gasteiger partial charge in [-0.25, -0.2) is 0 Å². The van der Waals surface area contributed by atoms with Gasteiger partial charge in [-0.05, 0) is 56.3 Å². The zero-order valence-electron chi connectivity index (χ0n) is 20.6. The first-order valence-electron chi connectivity index (χ1n) is 12.4. The van der Waals surface area contributed by atoms with Gasteiger partial charge >= 0.3 is 0 Å². The van der Waals surface area contributed by atoms with Crippen molar-refractivity contribution in [3.05, 3.63) is 53.1 Å². The number of halogens is 1. The molecule has 2 fully saturated rings. The number of benzene rings is 2. The van der Waals surface area contributed by atoms with Gasteiger partial charge in [0.2, 0.25) is 12.7 Å². The van der Waals surface area contributed by atoms with Crippen LogP contribution in [0.15, 0.2) is 42.5 Å². The number of carbonyl (C=O) groups excluding carboxylic acids is 2. The van der Waals surface area contributed by atoms with E-state index in [0.29, 0.717) is 66.8 Å². The fraction of sp³-hybridized carbons (Fsp3) is 0.481. The van der Waals surface area contributed by atoms with E-state index in [1.54, 1.807) is 30.3 Å². The van der Waals surface area contributed by atoms with Gasteiger partial charge in [0.05, 0.1) is 6.61 Å². The summed E-state index contributed by atoms with van der Waals surface area (Å²) >= 11 is 6.14. The number of carbonyl (C=O) groups is 2. The summed E-state index contributed by atoms with van der Waals surface area (Å²) < 4.78 is 17.0. The Balaban J connectivity index is 1.27. The van der Waals surface area contributed by atoms with Crippen molar-refractivity contribution in [2.24, 2.45) is 5.41 Å². The molecule has 0 unspecified atom stereocenters. The predicted octanol–water partition coefficient (Wildman–Crippen LogP) is 3.53. The van der Waals surface area contributed by atoms with Crippen LogP contribution in [-0.2, 0) is 4.79 Å². The minimum atomic E-state index is -0.353. The van der Waals surface area contributed by atoms with E-state index in [-0.39, 0.29) is 24.0 Å². The van der Waals surface area contributed by atoms with Gasteiger partial charge in [0.15, 0.2) is 11.5 Å². The van der Waals surface area contributed by atoms with Crippen LogP contribution in [-0.4, -0.2) is 86.2 Å². The van der Waals surface area contributed by atoms with Gasteiger partial charge in [-0.2, -0.15) is 0 Å². The first kappa shape index (κ1) is 24.7. The Morgan fingerprint density at radius 3 is 2.44 bits per heavy atom. The average molecular weight is 514 g/mol. The third kappa shape index (κ3) is 5.55. The predicted molar refractivity (Wildman–Crippen MR) is 136 cm³/mol. The molecule has 0 aliphatic carbocycles. The number of ether oxygens (including phenoxy) is 3. The van der Waals surface area contributed by atoms with Crippen LogP contribution in [0.1, 0.15) is 29.6 Å². The highest BCUT2D eigenvalue weighted by molar-refractivity contribution is 6.30. The number of rotatable bonds is 6. The van der Waals surface area contributed by atoms with Crippen LogP contribution >= 0.6 is 11.6 Å². The number of likely N-dealkylation sites (tertiary alicyclic amines) is 1. The molecule has 2 aromatic carbocycles. The van der Waals surface area contributed by atoms with E-state index < -0.39 is 0 Å². The molecule has 2 aromatic rings. The Bertz CT molecular complexity index is 1110. The molecule has 0 atom stereocenters. The molecule has 8 nitrogen and oxygen atoms in total. The van der Waals surface area contributed by atoms with Gasteiger partial charge in [-0.15, -0.1) is 0 Å².